The molecule has 0 radical (unpaired) electrons. The molecule has 1 saturated carbocycles. The Hall–Kier alpha value is -1.22. The second-order valence-electron chi connectivity index (χ2n) is 4.43. The molecular formula is C13H20N2O. The third-order valence-corrected chi connectivity index (χ3v) is 3.26. The number of benzene rings is 1. The first-order valence-electron chi connectivity index (χ1n) is 5.96. The van der Waals surface area contributed by atoms with E-state index >= 15 is 0 Å². The fourth-order valence-electron chi connectivity index (χ4n) is 2.24. The van der Waals surface area contributed by atoms with Gasteiger partial charge in [0, 0.05) is 17.8 Å². The predicted octanol–water partition coefficient (Wildman–Crippen LogP) is 2.38. The van der Waals surface area contributed by atoms with Crippen LogP contribution in [0, 0.1) is 0 Å². The maximum absolute atomic E-state index is 6.10. The van der Waals surface area contributed by atoms with Crippen LogP contribution in [0.15, 0.2) is 24.3 Å². The number of rotatable bonds is 3. The summed E-state index contributed by atoms with van der Waals surface area (Å²) >= 11 is 0. The Labute approximate surface area is 97.0 Å². The molecule has 2 rings (SSSR count). The van der Waals surface area contributed by atoms with E-state index in [0.29, 0.717) is 6.04 Å². The largest absolute Gasteiger partial charge is 0.497 e. The van der Waals surface area contributed by atoms with Gasteiger partial charge in [0.15, 0.2) is 0 Å². The lowest BCUT2D eigenvalue weighted by Crippen LogP contribution is -2.42. The van der Waals surface area contributed by atoms with Gasteiger partial charge >= 0.3 is 0 Å². The highest BCUT2D eigenvalue weighted by Gasteiger charge is 2.21. The monoisotopic (exact) mass is 220 g/mol. The number of ether oxygens (including phenoxy) is 1. The van der Waals surface area contributed by atoms with Crippen LogP contribution in [-0.2, 0) is 0 Å². The molecule has 1 aliphatic rings. The van der Waals surface area contributed by atoms with E-state index < -0.39 is 0 Å². The average Bonchev–Trinajstić information content (AvgIpc) is 2.33. The zero-order chi connectivity index (χ0) is 11.4. The molecule has 0 aromatic heterocycles. The zero-order valence-electron chi connectivity index (χ0n) is 9.78. The van der Waals surface area contributed by atoms with E-state index in [0.717, 1.165) is 17.9 Å². The molecule has 0 saturated heterocycles. The molecule has 0 amide bonds. The summed E-state index contributed by atoms with van der Waals surface area (Å²) in [7, 11) is 1.68. The van der Waals surface area contributed by atoms with Gasteiger partial charge < -0.3 is 15.8 Å². The van der Waals surface area contributed by atoms with Crippen LogP contribution in [-0.4, -0.2) is 19.2 Å². The molecule has 1 aliphatic carbocycles. The molecule has 2 atom stereocenters. The lowest BCUT2D eigenvalue weighted by Gasteiger charge is -2.30. The summed E-state index contributed by atoms with van der Waals surface area (Å²) in [5.41, 5.74) is 7.22. The van der Waals surface area contributed by atoms with Crippen LogP contribution in [0.25, 0.3) is 0 Å². The number of anilines is 1. The van der Waals surface area contributed by atoms with Crippen molar-refractivity contribution in [2.45, 2.75) is 37.8 Å². The van der Waals surface area contributed by atoms with Crippen LogP contribution in [0.2, 0.25) is 0 Å². The minimum atomic E-state index is 0.288. The van der Waals surface area contributed by atoms with Crippen LogP contribution in [0.5, 0.6) is 5.75 Å². The van der Waals surface area contributed by atoms with Gasteiger partial charge in [-0.15, -0.1) is 0 Å². The molecule has 0 unspecified atom stereocenters. The van der Waals surface area contributed by atoms with Crippen molar-refractivity contribution in [2.24, 2.45) is 5.73 Å². The van der Waals surface area contributed by atoms with Crippen molar-refractivity contribution >= 4 is 5.69 Å². The first-order chi connectivity index (χ1) is 7.79. The van der Waals surface area contributed by atoms with E-state index in [2.05, 4.69) is 5.32 Å². The third-order valence-electron chi connectivity index (χ3n) is 3.26. The number of hydrogen-bond donors (Lipinski definition) is 2. The molecule has 3 nitrogen and oxygen atoms in total. The van der Waals surface area contributed by atoms with Crippen LogP contribution in [0.1, 0.15) is 25.7 Å². The average molecular weight is 220 g/mol. The smallest absolute Gasteiger partial charge is 0.119 e. The van der Waals surface area contributed by atoms with Gasteiger partial charge in [-0.05, 0) is 37.1 Å². The highest BCUT2D eigenvalue weighted by Crippen LogP contribution is 2.22. The summed E-state index contributed by atoms with van der Waals surface area (Å²) in [5.74, 6) is 0.887. The summed E-state index contributed by atoms with van der Waals surface area (Å²) in [4.78, 5) is 0. The Bertz CT molecular complexity index is 323. The van der Waals surface area contributed by atoms with Gasteiger partial charge in [0.25, 0.3) is 0 Å². The molecular weight excluding hydrogens is 200 g/mol. The maximum Gasteiger partial charge on any atom is 0.119 e. The van der Waals surface area contributed by atoms with E-state index in [1.165, 1.54) is 19.3 Å². The highest BCUT2D eigenvalue weighted by atomic mass is 16.5. The Morgan fingerprint density at radius 1 is 1.19 bits per heavy atom. The Kier molecular flexibility index (Phi) is 3.67. The zero-order valence-corrected chi connectivity index (χ0v) is 9.78. The second kappa shape index (κ2) is 5.21. The number of nitrogens with two attached hydrogens (primary N) is 1. The van der Waals surface area contributed by atoms with E-state index in [9.17, 15) is 0 Å². The van der Waals surface area contributed by atoms with Crippen LogP contribution >= 0.6 is 0 Å². The van der Waals surface area contributed by atoms with Crippen molar-refractivity contribution < 1.29 is 4.74 Å². The first kappa shape index (κ1) is 11.3. The number of hydrogen-bond acceptors (Lipinski definition) is 3. The fourth-order valence-corrected chi connectivity index (χ4v) is 2.24. The van der Waals surface area contributed by atoms with Crippen molar-refractivity contribution in [3.8, 4) is 5.75 Å². The van der Waals surface area contributed by atoms with E-state index in [-0.39, 0.29) is 6.04 Å². The second-order valence-corrected chi connectivity index (χ2v) is 4.43. The molecule has 3 heteroatoms. The Balaban J connectivity index is 1.96. The van der Waals surface area contributed by atoms with Gasteiger partial charge in [-0.25, -0.2) is 0 Å². The fraction of sp³-hybridized carbons (Fsp3) is 0.538. The molecule has 3 N–H and O–H groups in total. The highest BCUT2D eigenvalue weighted by molar-refractivity contribution is 5.47. The van der Waals surface area contributed by atoms with Gasteiger partial charge in [0.05, 0.1) is 7.11 Å². The van der Waals surface area contributed by atoms with Gasteiger partial charge in [-0.1, -0.05) is 12.8 Å². The Morgan fingerprint density at radius 2 is 1.88 bits per heavy atom. The molecule has 16 heavy (non-hydrogen) atoms. The topological polar surface area (TPSA) is 47.3 Å². The summed E-state index contributed by atoms with van der Waals surface area (Å²) in [6, 6.07) is 8.73. The van der Waals surface area contributed by atoms with Crippen molar-refractivity contribution in [2.75, 3.05) is 12.4 Å². The van der Waals surface area contributed by atoms with Crippen molar-refractivity contribution in [1.82, 2.24) is 0 Å². The molecule has 1 fully saturated rings. The quantitative estimate of drug-likeness (QED) is 0.822. The molecule has 0 aliphatic heterocycles. The lowest BCUT2D eigenvalue weighted by atomic mass is 9.91. The minimum absolute atomic E-state index is 0.288. The standard InChI is InChI=1S/C13H20N2O/c1-16-11-8-6-10(7-9-11)15-13-5-3-2-4-12(13)14/h6-9,12-13,15H,2-5,14H2,1H3/t12-,13+/m1/s1. The van der Waals surface area contributed by atoms with E-state index in [1.807, 2.05) is 24.3 Å². The first-order valence-corrected chi connectivity index (χ1v) is 5.96. The minimum Gasteiger partial charge on any atom is -0.497 e. The molecule has 1 aromatic carbocycles. The normalized spacial score (nSPS) is 25.1. The predicted molar refractivity (Wildman–Crippen MR) is 66.8 cm³/mol. The summed E-state index contributed by atoms with van der Waals surface area (Å²) < 4.78 is 5.13. The van der Waals surface area contributed by atoms with Crippen molar-refractivity contribution in [1.29, 1.82) is 0 Å². The summed E-state index contributed by atoms with van der Waals surface area (Å²) in [6.07, 6.45) is 4.85. The Morgan fingerprint density at radius 3 is 2.50 bits per heavy atom. The lowest BCUT2D eigenvalue weighted by molar-refractivity contribution is 0.403. The molecule has 88 valence electrons. The van der Waals surface area contributed by atoms with Gasteiger partial charge in [0.1, 0.15) is 5.75 Å². The summed E-state index contributed by atoms with van der Waals surface area (Å²) in [5, 5.41) is 3.50. The number of nitrogens with one attached hydrogen (secondary N) is 1. The summed E-state index contributed by atoms with van der Waals surface area (Å²) in [6.45, 7) is 0. The van der Waals surface area contributed by atoms with Gasteiger partial charge in [-0.3, -0.25) is 0 Å². The van der Waals surface area contributed by atoms with Gasteiger partial charge in [-0.2, -0.15) is 0 Å². The van der Waals surface area contributed by atoms with E-state index in [1.54, 1.807) is 7.11 Å². The number of methoxy groups -OCH3 is 1. The third kappa shape index (κ3) is 2.67. The molecule has 1 aromatic rings. The van der Waals surface area contributed by atoms with Crippen molar-refractivity contribution in [3.05, 3.63) is 24.3 Å². The maximum atomic E-state index is 6.10. The molecule has 0 bridgehead atoms. The molecule has 0 heterocycles. The van der Waals surface area contributed by atoms with Crippen LogP contribution in [0.3, 0.4) is 0 Å². The van der Waals surface area contributed by atoms with Gasteiger partial charge in [0.2, 0.25) is 0 Å². The SMILES string of the molecule is COc1ccc(N[C@H]2CCCC[C@H]2N)cc1. The van der Waals surface area contributed by atoms with Crippen LogP contribution in [0.4, 0.5) is 5.69 Å². The molecule has 0 spiro atoms. The van der Waals surface area contributed by atoms with Crippen molar-refractivity contribution in [3.63, 3.8) is 0 Å². The van der Waals surface area contributed by atoms with E-state index in [4.69, 9.17) is 10.5 Å². The van der Waals surface area contributed by atoms with Crippen LogP contribution < -0.4 is 15.8 Å².